The van der Waals surface area contributed by atoms with Crippen molar-refractivity contribution in [2.24, 2.45) is 0 Å². The van der Waals surface area contributed by atoms with E-state index in [1.54, 1.807) is 0 Å². The molecule has 1 heterocycles. The van der Waals surface area contributed by atoms with Crippen molar-refractivity contribution in [3.05, 3.63) is 34.9 Å². The SMILES string of the molecule is CCN1CCN(C[C@@H](O)c2ccccc2Cl)CC1. The lowest BCUT2D eigenvalue weighted by molar-refractivity contribution is 0.0744. The number of aliphatic hydroxyl groups excluding tert-OH is 1. The van der Waals surface area contributed by atoms with Crippen molar-refractivity contribution >= 4 is 11.6 Å². The Hall–Kier alpha value is -0.610. The number of hydrogen-bond acceptors (Lipinski definition) is 3. The van der Waals surface area contributed by atoms with Gasteiger partial charge in [-0.15, -0.1) is 0 Å². The summed E-state index contributed by atoms with van der Waals surface area (Å²) < 4.78 is 0. The van der Waals surface area contributed by atoms with E-state index in [2.05, 4.69) is 16.7 Å². The maximum absolute atomic E-state index is 10.2. The third-order valence-corrected chi connectivity index (χ3v) is 3.95. The molecule has 2 rings (SSSR count). The highest BCUT2D eigenvalue weighted by Crippen LogP contribution is 2.23. The molecule has 1 aromatic carbocycles. The topological polar surface area (TPSA) is 26.7 Å². The molecule has 18 heavy (non-hydrogen) atoms. The summed E-state index contributed by atoms with van der Waals surface area (Å²) in [7, 11) is 0. The van der Waals surface area contributed by atoms with Crippen LogP contribution in [0, 0.1) is 0 Å². The highest BCUT2D eigenvalue weighted by molar-refractivity contribution is 6.31. The number of piperazine rings is 1. The molecule has 0 bridgehead atoms. The lowest BCUT2D eigenvalue weighted by atomic mass is 10.1. The van der Waals surface area contributed by atoms with Crippen LogP contribution in [0.1, 0.15) is 18.6 Å². The second-order valence-corrected chi connectivity index (χ2v) is 5.18. The summed E-state index contributed by atoms with van der Waals surface area (Å²) >= 11 is 6.10. The molecule has 1 aliphatic heterocycles. The first-order chi connectivity index (χ1) is 8.70. The smallest absolute Gasteiger partial charge is 0.0931 e. The van der Waals surface area contributed by atoms with E-state index in [0.717, 1.165) is 38.3 Å². The summed E-state index contributed by atoms with van der Waals surface area (Å²) in [6, 6.07) is 7.53. The number of benzene rings is 1. The molecule has 0 aliphatic carbocycles. The van der Waals surface area contributed by atoms with Gasteiger partial charge in [-0.2, -0.15) is 0 Å². The number of β-amino-alcohol motifs (C(OH)–C–C–N with tert-alkyl or cyclic N) is 1. The molecule has 0 unspecified atom stereocenters. The Kier molecular flexibility index (Phi) is 5.01. The molecular formula is C14H21ClN2O. The molecule has 100 valence electrons. The minimum atomic E-state index is -0.494. The van der Waals surface area contributed by atoms with E-state index in [4.69, 9.17) is 11.6 Å². The first kappa shape index (κ1) is 13.8. The van der Waals surface area contributed by atoms with E-state index in [1.807, 2.05) is 24.3 Å². The largest absolute Gasteiger partial charge is 0.387 e. The summed E-state index contributed by atoms with van der Waals surface area (Å²) in [5.41, 5.74) is 0.831. The molecule has 1 fully saturated rings. The van der Waals surface area contributed by atoms with Gasteiger partial charge in [-0.3, -0.25) is 4.90 Å². The van der Waals surface area contributed by atoms with Gasteiger partial charge in [-0.25, -0.2) is 0 Å². The molecular weight excluding hydrogens is 248 g/mol. The van der Waals surface area contributed by atoms with E-state index in [1.165, 1.54) is 0 Å². The zero-order valence-corrected chi connectivity index (χ0v) is 11.6. The minimum Gasteiger partial charge on any atom is -0.387 e. The van der Waals surface area contributed by atoms with Gasteiger partial charge in [0.15, 0.2) is 0 Å². The van der Waals surface area contributed by atoms with Crippen molar-refractivity contribution in [2.45, 2.75) is 13.0 Å². The number of aliphatic hydroxyl groups is 1. The van der Waals surface area contributed by atoms with Gasteiger partial charge in [0.25, 0.3) is 0 Å². The van der Waals surface area contributed by atoms with Crippen molar-refractivity contribution in [3.8, 4) is 0 Å². The molecule has 0 amide bonds. The Morgan fingerprint density at radius 3 is 2.39 bits per heavy atom. The lowest BCUT2D eigenvalue weighted by Crippen LogP contribution is -2.47. The average molecular weight is 269 g/mol. The number of likely N-dealkylation sites (N-methyl/N-ethyl adjacent to an activating group) is 1. The predicted molar refractivity (Wildman–Crippen MR) is 75.0 cm³/mol. The van der Waals surface area contributed by atoms with Crippen molar-refractivity contribution < 1.29 is 5.11 Å². The van der Waals surface area contributed by atoms with Crippen LogP contribution in [0.2, 0.25) is 5.02 Å². The fourth-order valence-corrected chi connectivity index (χ4v) is 2.64. The van der Waals surface area contributed by atoms with Crippen LogP contribution < -0.4 is 0 Å². The van der Waals surface area contributed by atoms with Crippen molar-refractivity contribution in [1.82, 2.24) is 9.80 Å². The number of nitrogens with zero attached hydrogens (tertiary/aromatic N) is 2. The van der Waals surface area contributed by atoms with E-state index in [0.29, 0.717) is 11.6 Å². The van der Waals surface area contributed by atoms with Crippen LogP contribution in [-0.4, -0.2) is 54.2 Å². The van der Waals surface area contributed by atoms with Gasteiger partial charge in [-0.05, 0) is 12.6 Å². The normalized spacial score (nSPS) is 19.9. The highest BCUT2D eigenvalue weighted by Gasteiger charge is 2.19. The molecule has 0 saturated carbocycles. The first-order valence-electron chi connectivity index (χ1n) is 6.58. The highest BCUT2D eigenvalue weighted by atomic mass is 35.5. The molecule has 0 aromatic heterocycles. The lowest BCUT2D eigenvalue weighted by Gasteiger charge is -2.35. The zero-order valence-electron chi connectivity index (χ0n) is 10.8. The van der Waals surface area contributed by atoms with Gasteiger partial charge in [0.2, 0.25) is 0 Å². The molecule has 1 aromatic rings. The van der Waals surface area contributed by atoms with Crippen LogP contribution in [0.5, 0.6) is 0 Å². The monoisotopic (exact) mass is 268 g/mol. The van der Waals surface area contributed by atoms with Crippen LogP contribution in [-0.2, 0) is 0 Å². The molecule has 0 radical (unpaired) electrons. The quantitative estimate of drug-likeness (QED) is 0.905. The minimum absolute atomic E-state index is 0.494. The summed E-state index contributed by atoms with van der Waals surface area (Å²) in [6.07, 6.45) is -0.494. The fourth-order valence-electron chi connectivity index (χ4n) is 2.38. The third kappa shape index (κ3) is 3.45. The molecule has 1 aliphatic rings. The molecule has 1 saturated heterocycles. The standard InChI is InChI=1S/C14H21ClN2O/c1-2-16-7-9-17(10-8-16)11-14(18)12-5-3-4-6-13(12)15/h3-6,14,18H,2,7-11H2,1H3/t14-/m1/s1. The predicted octanol–water partition coefficient (Wildman–Crippen LogP) is 2.01. The average Bonchev–Trinajstić information content (AvgIpc) is 2.40. The number of hydrogen-bond donors (Lipinski definition) is 1. The first-order valence-corrected chi connectivity index (χ1v) is 6.95. The molecule has 1 N–H and O–H groups in total. The summed E-state index contributed by atoms with van der Waals surface area (Å²) in [5.74, 6) is 0. The van der Waals surface area contributed by atoms with E-state index in [-0.39, 0.29) is 0 Å². The maximum Gasteiger partial charge on any atom is 0.0931 e. The molecule has 0 spiro atoms. The van der Waals surface area contributed by atoms with Gasteiger partial charge in [-0.1, -0.05) is 36.7 Å². The van der Waals surface area contributed by atoms with Gasteiger partial charge >= 0.3 is 0 Å². The van der Waals surface area contributed by atoms with Crippen LogP contribution in [0.3, 0.4) is 0 Å². The van der Waals surface area contributed by atoms with E-state index in [9.17, 15) is 5.11 Å². The van der Waals surface area contributed by atoms with Crippen molar-refractivity contribution in [3.63, 3.8) is 0 Å². The van der Waals surface area contributed by atoms with Crippen LogP contribution in [0.25, 0.3) is 0 Å². The second kappa shape index (κ2) is 6.53. The fraction of sp³-hybridized carbons (Fsp3) is 0.571. The Balaban J connectivity index is 1.89. The summed E-state index contributed by atoms with van der Waals surface area (Å²) in [5, 5.41) is 10.9. The van der Waals surface area contributed by atoms with Gasteiger partial charge in [0.05, 0.1) is 6.10 Å². The molecule has 3 nitrogen and oxygen atoms in total. The van der Waals surface area contributed by atoms with Gasteiger partial charge in [0.1, 0.15) is 0 Å². The maximum atomic E-state index is 10.2. The third-order valence-electron chi connectivity index (χ3n) is 3.61. The van der Waals surface area contributed by atoms with E-state index >= 15 is 0 Å². The Morgan fingerprint density at radius 1 is 1.17 bits per heavy atom. The number of rotatable bonds is 4. The Bertz CT molecular complexity index is 378. The van der Waals surface area contributed by atoms with Gasteiger partial charge < -0.3 is 10.0 Å². The Morgan fingerprint density at radius 2 is 1.78 bits per heavy atom. The second-order valence-electron chi connectivity index (χ2n) is 4.77. The number of halogens is 1. The van der Waals surface area contributed by atoms with Crippen LogP contribution in [0.15, 0.2) is 24.3 Å². The van der Waals surface area contributed by atoms with E-state index < -0.39 is 6.10 Å². The van der Waals surface area contributed by atoms with Gasteiger partial charge in [0, 0.05) is 43.3 Å². The van der Waals surface area contributed by atoms with Crippen LogP contribution in [0.4, 0.5) is 0 Å². The summed E-state index contributed by atoms with van der Waals surface area (Å²) in [4.78, 5) is 4.73. The summed E-state index contributed by atoms with van der Waals surface area (Å²) in [6.45, 7) is 8.19. The van der Waals surface area contributed by atoms with Crippen molar-refractivity contribution in [1.29, 1.82) is 0 Å². The zero-order chi connectivity index (χ0) is 13.0. The Labute approximate surface area is 114 Å². The van der Waals surface area contributed by atoms with Crippen molar-refractivity contribution in [2.75, 3.05) is 39.3 Å². The molecule has 1 atom stereocenters. The molecule has 4 heteroatoms. The van der Waals surface area contributed by atoms with Crippen LogP contribution >= 0.6 is 11.6 Å².